The van der Waals surface area contributed by atoms with Gasteiger partial charge in [-0.15, -0.1) is 0 Å². The van der Waals surface area contributed by atoms with Crippen molar-refractivity contribution in [3.63, 3.8) is 0 Å². The van der Waals surface area contributed by atoms with E-state index in [-0.39, 0.29) is 0 Å². The Labute approximate surface area is 168 Å². The van der Waals surface area contributed by atoms with Crippen LogP contribution in [0.15, 0.2) is 66.9 Å². The highest BCUT2D eigenvalue weighted by atomic mass is 32.1. The summed E-state index contributed by atoms with van der Waals surface area (Å²) in [5, 5.41) is 9.04. The highest BCUT2D eigenvalue weighted by molar-refractivity contribution is 7.19. The molecule has 142 valence electrons. The maximum atomic E-state index is 5.20. The quantitative estimate of drug-likeness (QED) is 0.483. The molecule has 0 aliphatic rings. The van der Waals surface area contributed by atoms with Crippen LogP contribution in [0.1, 0.15) is 16.8 Å². The molecule has 28 heavy (non-hydrogen) atoms. The largest absolute Gasteiger partial charge is 0.497 e. The summed E-state index contributed by atoms with van der Waals surface area (Å²) in [4.78, 5) is 5.76. The van der Waals surface area contributed by atoms with Gasteiger partial charge < -0.3 is 10.1 Å². The van der Waals surface area contributed by atoms with Crippen molar-refractivity contribution in [2.75, 3.05) is 12.4 Å². The third-order valence-electron chi connectivity index (χ3n) is 4.46. The van der Waals surface area contributed by atoms with Gasteiger partial charge in [-0.25, -0.2) is 4.98 Å². The SMILES string of the molecule is COc1ccc(CNc2nc(C)c(-c3ccn(Cc4ccccc4)n3)s2)cc1. The summed E-state index contributed by atoms with van der Waals surface area (Å²) < 4.78 is 7.17. The Bertz CT molecular complexity index is 1040. The first-order valence-electron chi connectivity index (χ1n) is 9.13. The van der Waals surface area contributed by atoms with Gasteiger partial charge in [0.2, 0.25) is 0 Å². The van der Waals surface area contributed by atoms with Crippen LogP contribution in [0.4, 0.5) is 5.13 Å². The average molecular weight is 391 g/mol. The van der Waals surface area contributed by atoms with Crippen molar-refractivity contribution in [3.05, 3.63) is 83.7 Å². The van der Waals surface area contributed by atoms with Crippen LogP contribution in [-0.4, -0.2) is 21.9 Å². The van der Waals surface area contributed by atoms with Crippen LogP contribution in [0.2, 0.25) is 0 Å². The molecule has 0 aliphatic carbocycles. The van der Waals surface area contributed by atoms with Crippen molar-refractivity contribution >= 4 is 16.5 Å². The first kappa shape index (κ1) is 18.3. The van der Waals surface area contributed by atoms with Gasteiger partial charge in [-0.3, -0.25) is 4.68 Å². The van der Waals surface area contributed by atoms with Crippen molar-refractivity contribution in [1.82, 2.24) is 14.8 Å². The van der Waals surface area contributed by atoms with Gasteiger partial charge in [-0.05, 0) is 36.2 Å². The van der Waals surface area contributed by atoms with Crippen LogP contribution < -0.4 is 10.1 Å². The number of aryl methyl sites for hydroxylation is 1. The number of hydrogen-bond donors (Lipinski definition) is 1. The van der Waals surface area contributed by atoms with Crippen molar-refractivity contribution in [3.8, 4) is 16.3 Å². The van der Waals surface area contributed by atoms with E-state index in [1.54, 1.807) is 18.4 Å². The molecule has 0 spiro atoms. The molecule has 0 aliphatic heterocycles. The fraction of sp³-hybridized carbons (Fsp3) is 0.182. The Kier molecular flexibility index (Phi) is 5.39. The second-order valence-electron chi connectivity index (χ2n) is 6.52. The van der Waals surface area contributed by atoms with E-state index < -0.39 is 0 Å². The lowest BCUT2D eigenvalue weighted by atomic mass is 10.2. The molecule has 0 fully saturated rings. The summed E-state index contributed by atoms with van der Waals surface area (Å²) in [6, 6.07) is 20.4. The molecule has 5 nitrogen and oxygen atoms in total. The number of rotatable bonds is 7. The monoisotopic (exact) mass is 390 g/mol. The van der Waals surface area contributed by atoms with E-state index in [0.717, 1.165) is 40.2 Å². The lowest BCUT2D eigenvalue weighted by Crippen LogP contribution is -1.99. The number of nitrogens with zero attached hydrogens (tertiary/aromatic N) is 3. The van der Waals surface area contributed by atoms with E-state index >= 15 is 0 Å². The predicted octanol–water partition coefficient (Wildman–Crippen LogP) is 4.98. The maximum absolute atomic E-state index is 5.20. The van der Waals surface area contributed by atoms with E-state index in [2.05, 4.69) is 40.6 Å². The molecule has 0 unspecified atom stereocenters. The molecule has 2 heterocycles. The molecule has 4 rings (SSSR count). The Balaban J connectivity index is 1.44. The number of thiazole rings is 1. The second kappa shape index (κ2) is 8.27. The standard InChI is InChI=1S/C22H22N4OS/c1-16-21(20-12-13-26(25-20)15-18-6-4-3-5-7-18)28-22(24-16)23-14-17-8-10-19(27-2)11-9-17/h3-13H,14-15H2,1-2H3,(H,23,24). The number of hydrogen-bond acceptors (Lipinski definition) is 5. The molecule has 6 heteroatoms. The number of benzene rings is 2. The van der Waals surface area contributed by atoms with Crippen LogP contribution in [0.3, 0.4) is 0 Å². The number of aromatic nitrogens is 3. The topological polar surface area (TPSA) is 52.0 Å². The van der Waals surface area contributed by atoms with Crippen molar-refractivity contribution in [2.24, 2.45) is 0 Å². The average Bonchev–Trinajstić information content (AvgIpc) is 3.33. The Hall–Kier alpha value is -3.12. The first-order chi connectivity index (χ1) is 13.7. The minimum atomic E-state index is 0.721. The molecular weight excluding hydrogens is 368 g/mol. The predicted molar refractivity (Wildman–Crippen MR) is 114 cm³/mol. The fourth-order valence-corrected chi connectivity index (χ4v) is 3.90. The van der Waals surface area contributed by atoms with Crippen LogP contribution in [0, 0.1) is 6.92 Å². The normalized spacial score (nSPS) is 10.8. The van der Waals surface area contributed by atoms with Crippen molar-refractivity contribution in [2.45, 2.75) is 20.0 Å². The zero-order valence-electron chi connectivity index (χ0n) is 15.9. The molecule has 0 bridgehead atoms. The van der Waals surface area contributed by atoms with Gasteiger partial charge >= 0.3 is 0 Å². The third kappa shape index (κ3) is 4.23. The second-order valence-corrected chi connectivity index (χ2v) is 7.52. The molecular formula is C22H22N4OS. The lowest BCUT2D eigenvalue weighted by molar-refractivity contribution is 0.414. The van der Waals surface area contributed by atoms with E-state index in [1.165, 1.54) is 11.1 Å². The molecule has 0 saturated carbocycles. The van der Waals surface area contributed by atoms with Gasteiger partial charge in [0.15, 0.2) is 5.13 Å². The van der Waals surface area contributed by atoms with Crippen molar-refractivity contribution in [1.29, 1.82) is 0 Å². The van der Waals surface area contributed by atoms with Crippen LogP contribution in [0.5, 0.6) is 5.75 Å². The highest BCUT2D eigenvalue weighted by Crippen LogP contribution is 2.32. The summed E-state index contributed by atoms with van der Waals surface area (Å²) in [6.45, 7) is 3.51. The lowest BCUT2D eigenvalue weighted by Gasteiger charge is -2.04. The fourth-order valence-electron chi connectivity index (χ4n) is 2.97. The smallest absolute Gasteiger partial charge is 0.183 e. The van der Waals surface area contributed by atoms with Gasteiger partial charge in [0.25, 0.3) is 0 Å². The maximum Gasteiger partial charge on any atom is 0.183 e. The summed E-state index contributed by atoms with van der Waals surface area (Å²) in [7, 11) is 1.67. The Morgan fingerprint density at radius 1 is 1.00 bits per heavy atom. The van der Waals surface area contributed by atoms with Crippen LogP contribution in [0.25, 0.3) is 10.6 Å². The minimum Gasteiger partial charge on any atom is -0.497 e. The van der Waals surface area contributed by atoms with Gasteiger partial charge in [0.1, 0.15) is 11.4 Å². The molecule has 0 saturated heterocycles. The van der Waals surface area contributed by atoms with Gasteiger partial charge in [-0.1, -0.05) is 53.8 Å². The molecule has 0 atom stereocenters. The molecule has 0 radical (unpaired) electrons. The molecule has 1 N–H and O–H groups in total. The minimum absolute atomic E-state index is 0.721. The van der Waals surface area contributed by atoms with E-state index in [9.17, 15) is 0 Å². The van der Waals surface area contributed by atoms with E-state index in [0.29, 0.717) is 0 Å². The molecule has 0 amide bonds. The van der Waals surface area contributed by atoms with Crippen LogP contribution in [-0.2, 0) is 13.1 Å². The zero-order chi connectivity index (χ0) is 19.3. The van der Waals surface area contributed by atoms with Crippen molar-refractivity contribution < 1.29 is 4.74 Å². The number of ether oxygens (including phenoxy) is 1. The molecule has 2 aromatic carbocycles. The summed E-state index contributed by atoms with van der Waals surface area (Å²) in [6.07, 6.45) is 2.02. The third-order valence-corrected chi connectivity index (χ3v) is 5.60. The van der Waals surface area contributed by atoms with Gasteiger partial charge in [0.05, 0.1) is 24.2 Å². The van der Waals surface area contributed by atoms with Crippen LogP contribution >= 0.6 is 11.3 Å². The number of anilines is 1. The Morgan fingerprint density at radius 3 is 2.54 bits per heavy atom. The zero-order valence-corrected chi connectivity index (χ0v) is 16.7. The van der Waals surface area contributed by atoms with Gasteiger partial charge in [0, 0.05) is 12.7 Å². The number of methoxy groups -OCH3 is 1. The number of nitrogens with one attached hydrogen (secondary N) is 1. The molecule has 4 aromatic rings. The van der Waals surface area contributed by atoms with E-state index in [1.807, 2.05) is 48.1 Å². The molecule has 2 aromatic heterocycles. The highest BCUT2D eigenvalue weighted by Gasteiger charge is 2.12. The summed E-state index contributed by atoms with van der Waals surface area (Å²) in [5.41, 5.74) is 4.37. The van der Waals surface area contributed by atoms with E-state index in [4.69, 9.17) is 9.84 Å². The first-order valence-corrected chi connectivity index (χ1v) is 9.95. The van der Waals surface area contributed by atoms with Gasteiger partial charge in [-0.2, -0.15) is 5.10 Å². The summed E-state index contributed by atoms with van der Waals surface area (Å²) >= 11 is 1.64. The Morgan fingerprint density at radius 2 is 1.79 bits per heavy atom. The summed E-state index contributed by atoms with van der Waals surface area (Å²) in [5.74, 6) is 0.863.